The van der Waals surface area contributed by atoms with E-state index in [1.807, 2.05) is 40.4 Å². The molecule has 1 aromatic heterocycles. The van der Waals surface area contributed by atoms with Gasteiger partial charge in [0.25, 0.3) is 0 Å². The van der Waals surface area contributed by atoms with E-state index in [1.165, 1.54) is 11.3 Å². The van der Waals surface area contributed by atoms with Crippen LogP contribution in [0.3, 0.4) is 0 Å². The van der Waals surface area contributed by atoms with Crippen LogP contribution < -0.4 is 10.1 Å². The summed E-state index contributed by atoms with van der Waals surface area (Å²) in [5.41, 5.74) is 1.00. The Balaban J connectivity index is 1.72. The molecule has 1 atom stereocenters. The predicted molar refractivity (Wildman–Crippen MR) is 90.7 cm³/mol. The summed E-state index contributed by atoms with van der Waals surface area (Å²) in [6, 6.07) is 7.74. The number of hydrogen-bond donors (Lipinski definition) is 1. The minimum absolute atomic E-state index is 0.0528. The predicted octanol–water partition coefficient (Wildman–Crippen LogP) is 2.06. The van der Waals surface area contributed by atoms with Gasteiger partial charge >= 0.3 is 0 Å². The smallest absolute Gasteiger partial charge is 0.249 e. The summed E-state index contributed by atoms with van der Waals surface area (Å²) in [6.45, 7) is 2.64. The summed E-state index contributed by atoms with van der Waals surface area (Å²) in [6.07, 6.45) is 2.27. The molecule has 0 radical (unpaired) electrons. The van der Waals surface area contributed by atoms with Crippen molar-refractivity contribution in [3.8, 4) is 0 Å². The largest absolute Gasteiger partial charge is 0.378 e. The highest BCUT2D eigenvalue weighted by Gasteiger charge is 2.16. The van der Waals surface area contributed by atoms with Gasteiger partial charge in [-0.3, -0.25) is 4.79 Å². The van der Waals surface area contributed by atoms with E-state index >= 15 is 0 Å². The SMILES string of the molecule is O=C(CC1COCCN1)N=c1sccn1Cc1ccccc1Cl. The lowest BCUT2D eigenvalue weighted by molar-refractivity contribution is -0.119. The van der Waals surface area contributed by atoms with Gasteiger partial charge in [0.1, 0.15) is 0 Å². The number of amides is 1. The first-order valence-corrected chi connectivity index (χ1v) is 8.74. The van der Waals surface area contributed by atoms with E-state index in [-0.39, 0.29) is 11.9 Å². The Morgan fingerprint density at radius 1 is 1.48 bits per heavy atom. The third-order valence-corrected chi connectivity index (χ3v) is 4.76. The summed E-state index contributed by atoms with van der Waals surface area (Å²) in [7, 11) is 0. The molecule has 122 valence electrons. The van der Waals surface area contributed by atoms with Gasteiger partial charge in [0, 0.05) is 35.6 Å². The fourth-order valence-electron chi connectivity index (χ4n) is 2.43. The minimum atomic E-state index is -0.136. The Kier molecular flexibility index (Phi) is 5.61. The van der Waals surface area contributed by atoms with Crippen LogP contribution >= 0.6 is 22.9 Å². The van der Waals surface area contributed by atoms with Crippen molar-refractivity contribution in [1.82, 2.24) is 9.88 Å². The molecular weight excluding hydrogens is 334 g/mol. The number of carbonyl (C=O) groups excluding carboxylic acids is 1. The van der Waals surface area contributed by atoms with Gasteiger partial charge in [0.2, 0.25) is 5.91 Å². The third kappa shape index (κ3) is 4.51. The first-order chi connectivity index (χ1) is 11.2. The normalized spacial score (nSPS) is 19.0. The number of rotatable bonds is 4. The van der Waals surface area contributed by atoms with Crippen LogP contribution in [-0.2, 0) is 16.1 Å². The van der Waals surface area contributed by atoms with Gasteiger partial charge in [0.15, 0.2) is 4.80 Å². The molecule has 1 aliphatic rings. The third-order valence-electron chi connectivity index (χ3n) is 3.60. The number of benzene rings is 1. The van der Waals surface area contributed by atoms with E-state index in [2.05, 4.69) is 10.3 Å². The molecule has 1 aromatic carbocycles. The number of ether oxygens (including phenoxy) is 1. The maximum absolute atomic E-state index is 12.2. The van der Waals surface area contributed by atoms with Crippen LogP contribution in [0.25, 0.3) is 0 Å². The highest BCUT2D eigenvalue weighted by Crippen LogP contribution is 2.15. The molecule has 1 saturated heterocycles. The number of nitrogens with zero attached hydrogens (tertiary/aromatic N) is 2. The molecule has 1 unspecified atom stereocenters. The Hall–Kier alpha value is -1.47. The summed E-state index contributed by atoms with van der Waals surface area (Å²) in [5, 5.41) is 5.90. The standard InChI is InChI=1S/C16H18ClN3O2S/c17-14-4-2-1-3-12(14)10-20-6-8-23-16(20)19-15(21)9-13-11-22-7-5-18-13/h1-4,6,8,13,18H,5,7,9-11H2. The number of halogens is 1. The van der Waals surface area contributed by atoms with Crippen molar-refractivity contribution >= 4 is 28.8 Å². The molecule has 5 nitrogen and oxygen atoms in total. The molecule has 23 heavy (non-hydrogen) atoms. The number of aromatic nitrogens is 1. The average molecular weight is 352 g/mol. The van der Waals surface area contributed by atoms with Gasteiger partial charge in [-0.1, -0.05) is 29.8 Å². The second-order valence-electron chi connectivity index (χ2n) is 5.34. The molecule has 0 spiro atoms. The van der Waals surface area contributed by atoms with Gasteiger partial charge in [-0.25, -0.2) is 0 Å². The monoisotopic (exact) mass is 351 g/mol. The summed E-state index contributed by atoms with van der Waals surface area (Å²) in [5.74, 6) is -0.136. The number of carbonyl (C=O) groups is 1. The van der Waals surface area contributed by atoms with Gasteiger partial charge < -0.3 is 14.6 Å². The van der Waals surface area contributed by atoms with Crippen LogP contribution in [-0.4, -0.2) is 36.3 Å². The lowest BCUT2D eigenvalue weighted by Gasteiger charge is -2.22. The van der Waals surface area contributed by atoms with E-state index < -0.39 is 0 Å². The lowest BCUT2D eigenvalue weighted by Crippen LogP contribution is -2.42. The molecule has 0 aliphatic carbocycles. The summed E-state index contributed by atoms with van der Waals surface area (Å²) < 4.78 is 7.30. The quantitative estimate of drug-likeness (QED) is 0.917. The Morgan fingerprint density at radius 3 is 3.13 bits per heavy atom. The summed E-state index contributed by atoms with van der Waals surface area (Å²) >= 11 is 7.64. The molecule has 0 bridgehead atoms. The molecule has 2 aromatic rings. The highest BCUT2D eigenvalue weighted by atomic mass is 35.5. The topological polar surface area (TPSA) is 55.6 Å². The summed E-state index contributed by atoms with van der Waals surface area (Å²) in [4.78, 5) is 17.1. The van der Waals surface area contributed by atoms with Crippen molar-refractivity contribution in [2.24, 2.45) is 4.99 Å². The van der Waals surface area contributed by atoms with Crippen LogP contribution in [0.5, 0.6) is 0 Å². The van der Waals surface area contributed by atoms with Crippen LogP contribution in [0.2, 0.25) is 5.02 Å². The maximum atomic E-state index is 12.2. The molecule has 2 heterocycles. The number of thiazole rings is 1. The molecule has 1 aliphatic heterocycles. The first kappa shape index (κ1) is 16.4. The van der Waals surface area contributed by atoms with Crippen LogP contribution in [0, 0.1) is 0 Å². The van der Waals surface area contributed by atoms with E-state index in [9.17, 15) is 4.79 Å². The molecule has 7 heteroatoms. The molecule has 1 N–H and O–H groups in total. The van der Waals surface area contributed by atoms with Gasteiger partial charge in [0.05, 0.1) is 19.8 Å². The number of hydrogen-bond acceptors (Lipinski definition) is 4. The fraction of sp³-hybridized carbons (Fsp3) is 0.375. The molecule has 0 saturated carbocycles. The molecule has 1 amide bonds. The van der Waals surface area contributed by atoms with Crippen molar-refractivity contribution in [2.45, 2.75) is 19.0 Å². The van der Waals surface area contributed by atoms with Gasteiger partial charge in [-0.05, 0) is 11.6 Å². The maximum Gasteiger partial charge on any atom is 0.249 e. The van der Waals surface area contributed by atoms with E-state index in [0.29, 0.717) is 36.0 Å². The van der Waals surface area contributed by atoms with E-state index in [4.69, 9.17) is 16.3 Å². The second-order valence-corrected chi connectivity index (χ2v) is 6.62. The van der Waals surface area contributed by atoms with Crippen molar-refractivity contribution in [1.29, 1.82) is 0 Å². The minimum Gasteiger partial charge on any atom is -0.378 e. The fourth-order valence-corrected chi connectivity index (χ4v) is 3.37. The Labute approximate surface area is 143 Å². The van der Waals surface area contributed by atoms with Gasteiger partial charge in [-0.15, -0.1) is 11.3 Å². The van der Waals surface area contributed by atoms with Crippen molar-refractivity contribution in [3.05, 3.63) is 51.2 Å². The molecule has 3 rings (SSSR count). The van der Waals surface area contributed by atoms with Crippen LogP contribution in [0.1, 0.15) is 12.0 Å². The van der Waals surface area contributed by atoms with Crippen LogP contribution in [0.15, 0.2) is 40.8 Å². The van der Waals surface area contributed by atoms with Crippen molar-refractivity contribution in [3.63, 3.8) is 0 Å². The number of morpholine rings is 1. The van der Waals surface area contributed by atoms with Crippen LogP contribution in [0.4, 0.5) is 0 Å². The van der Waals surface area contributed by atoms with Crippen molar-refractivity contribution in [2.75, 3.05) is 19.8 Å². The average Bonchev–Trinajstić information content (AvgIpc) is 2.97. The van der Waals surface area contributed by atoms with Gasteiger partial charge in [-0.2, -0.15) is 4.99 Å². The van der Waals surface area contributed by atoms with E-state index in [1.54, 1.807) is 0 Å². The Morgan fingerprint density at radius 2 is 2.35 bits per heavy atom. The Bertz CT molecular complexity index is 735. The van der Waals surface area contributed by atoms with E-state index in [0.717, 1.165) is 12.1 Å². The zero-order chi connectivity index (χ0) is 16.1. The zero-order valence-corrected chi connectivity index (χ0v) is 14.1. The molecular formula is C16H18ClN3O2S. The molecule has 1 fully saturated rings. The van der Waals surface area contributed by atoms with Crippen molar-refractivity contribution < 1.29 is 9.53 Å². The number of nitrogens with one attached hydrogen (secondary N) is 1. The zero-order valence-electron chi connectivity index (χ0n) is 12.6. The lowest BCUT2D eigenvalue weighted by atomic mass is 10.2. The first-order valence-electron chi connectivity index (χ1n) is 7.48. The second kappa shape index (κ2) is 7.88. The highest BCUT2D eigenvalue weighted by molar-refractivity contribution is 7.07.